The van der Waals surface area contributed by atoms with Crippen LogP contribution in [0.15, 0.2) is 29.9 Å². The summed E-state index contributed by atoms with van der Waals surface area (Å²) in [7, 11) is 0. The molecule has 23 heavy (non-hydrogen) atoms. The minimum atomic E-state index is 0.303. The number of thiophene rings is 1. The molecule has 0 N–H and O–H groups in total. The number of rotatable bonds is 6. The number of piperidine rings is 1. The van der Waals surface area contributed by atoms with Crippen molar-refractivity contribution in [1.29, 1.82) is 0 Å². The molecule has 2 aromatic rings. The van der Waals surface area contributed by atoms with Crippen molar-refractivity contribution in [2.45, 2.75) is 58.0 Å². The van der Waals surface area contributed by atoms with Gasteiger partial charge in [-0.1, -0.05) is 6.07 Å². The summed E-state index contributed by atoms with van der Waals surface area (Å²) in [5, 5.41) is 6.48. The van der Waals surface area contributed by atoms with Gasteiger partial charge in [-0.3, -0.25) is 9.48 Å². The Morgan fingerprint density at radius 1 is 1.43 bits per heavy atom. The molecule has 0 aromatic carbocycles. The van der Waals surface area contributed by atoms with Crippen LogP contribution in [0.1, 0.15) is 42.5 Å². The van der Waals surface area contributed by atoms with Gasteiger partial charge >= 0.3 is 0 Å². The normalized spacial score (nSPS) is 18.3. The fourth-order valence-electron chi connectivity index (χ4n) is 3.31. The maximum atomic E-state index is 12.6. The Hall–Kier alpha value is -1.62. The molecule has 1 fully saturated rings. The second kappa shape index (κ2) is 7.77. The molecule has 0 bridgehead atoms. The number of likely N-dealkylation sites (tertiary alicyclic amines) is 1. The van der Waals surface area contributed by atoms with Crippen LogP contribution in [0.5, 0.6) is 0 Å². The van der Waals surface area contributed by atoms with Crippen molar-refractivity contribution in [2.75, 3.05) is 6.54 Å². The quantitative estimate of drug-likeness (QED) is 0.810. The van der Waals surface area contributed by atoms with E-state index < -0.39 is 0 Å². The molecule has 1 saturated heterocycles. The van der Waals surface area contributed by atoms with E-state index in [1.807, 2.05) is 10.9 Å². The maximum Gasteiger partial charge on any atom is 0.222 e. The molecule has 4 nitrogen and oxygen atoms in total. The van der Waals surface area contributed by atoms with E-state index in [1.165, 1.54) is 16.9 Å². The second-order valence-corrected chi connectivity index (χ2v) is 7.44. The van der Waals surface area contributed by atoms with Gasteiger partial charge in [0.2, 0.25) is 5.91 Å². The summed E-state index contributed by atoms with van der Waals surface area (Å²) in [6, 6.07) is 4.53. The summed E-state index contributed by atoms with van der Waals surface area (Å²) in [6.07, 6.45) is 10.0. The third-order valence-corrected chi connectivity index (χ3v) is 5.44. The van der Waals surface area contributed by atoms with Crippen molar-refractivity contribution >= 4 is 17.2 Å². The van der Waals surface area contributed by atoms with Gasteiger partial charge in [-0.25, -0.2) is 0 Å². The van der Waals surface area contributed by atoms with E-state index in [1.54, 1.807) is 11.3 Å². The first-order chi connectivity index (χ1) is 11.2. The largest absolute Gasteiger partial charge is 0.338 e. The molecule has 3 heterocycles. The summed E-state index contributed by atoms with van der Waals surface area (Å²) in [5.74, 6) is 0.315. The first-order valence-electron chi connectivity index (χ1n) is 8.53. The average Bonchev–Trinajstić information content (AvgIpc) is 3.20. The minimum absolute atomic E-state index is 0.303. The topological polar surface area (TPSA) is 38.1 Å². The minimum Gasteiger partial charge on any atom is -0.338 e. The van der Waals surface area contributed by atoms with Crippen molar-refractivity contribution in [3.8, 4) is 0 Å². The zero-order valence-electron chi connectivity index (χ0n) is 13.8. The standard InChI is InChI=1S/C18H25N3OS/c1-15-12-19-20(13-15)14-16-6-2-3-10-21(16)18(22)9-4-7-17-8-5-11-23-17/h5,8,11-13,16H,2-4,6-7,9-10,14H2,1H3. The van der Waals surface area contributed by atoms with E-state index in [4.69, 9.17) is 0 Å². The van der Waals surface area contributed by atoms with Crippen LogP contribution in [0.4, 0.5) is 0 Å². The van der Waals surface area contributed by atoms with Crippen molar-refractivity contribution < 1.29 is 4.79 Å². The van der Waals surface area contributed by atoms with Gasteiger partial charge in [0.15, 0.2) is 0 Å². The van der Waals surface area contributed by atoms with Crippen molar-refractivity contribution in [3.05, 3.63) is 40.3 Å². The third kappa shape index (κ3) is 4.44. The second-order valence-electron chi connectivity index (χ2n) is 6.41. The molecule has 0 spiro atoms. The molecule has 0 radical (unpaired) electrons. The summed E-state index contributed by atoms with van der Waals surface area (Å²) >= 11 is 1.78. The van der Waals surface area contributed by atoms with Crippen LogP contribution in [0.2, 0.25) is 0 Å². The van der Waals surface area contributed by atoms with Crippen molar-refractivity contribution in [3.63, 3.8) is 0 Å². The Bertz CT molecular complexity index is 620. The Morgan fingerprint density at radius 3 is 3.09 bits per heavy atom. The van der Waals surface area contributed by atoms with Crippen LogP contribution in [0, 0.1) is 6.92 Å². The van der Waals surface area contributed by atoms with Crippen molar-refractivity contribution in [1.82, 2.24) is 14.7 Å². The van der Waals surface area contributed by atoms with E-state index >= 15 is 0 Å². The molecule has 1 atom stereocenters. The Kier molecular flexibility index (Phi) is 5.49. The molecule has 1 unspecified atom stereocenters. The van der Waals surface area contributed by atoms with E-state index in [0.717, 1.165) is 38.8 Å². The van der Waals surface area contributed by atoms with E-state index in [0.29, 0.717) is 18.4 Å². The first-order valence-corrected chi connectivity index (χ1v) is 9.41. The Balaban J connectivity index is 1.53. The fraction of sp³-hybridized carbons (Fsp3) is 0.556. The highest BCUT2D eigenvalue weighted by Crippen LogP contribution is 2.21. The lowest BCUT2D eigenvalue weighted by Gasteiger charge is -2.36. The van der Waals surface area contributed by atoms with Crippen molar-refractivity contribution in [2.24, 2.45) is 0 Å². The molecule has 5 heteroatoms. The molecule has 1 aliphatic rings. The maximum absolute atomic E-state index is 12.6. The van der Waals surface area contributed by atoms with Crippen LogP contribution in [0.25, 0.3) is 0 Å². The fourth-order valence-corrected chi connectivity index (χ4v) is 4.06. The van der Waals surface area contributed by atoms with E-state index in [-0.39, 0.29) is 0 Å². The first kappa shape index (κ1) is 16.2. The number of hydrogen-bond acceptors (Lipinski definition) is 3. The molecule has 124 valence electrons. The van der Waals surface area contributed by atoms with Gasteiger partial charge in [0.1, 0.15) is 0 Å². The van der Waals surface area contributed by atoms with Crippen LogP contribution >= 0.6 is 11.3 Å². The van der Waals surface area contributed by atoms with Gasteiger partial charge in [-0.2, -0.15) is 5.10 Å². The van der Waals surface area contributed by atoms with Gasteiger partial charge in [-0.05, 0) is 56.0 Å². The zero-order chi connectivity index (χ0) is 16.1. The lowest BCUT2D eigenvalue weighted by atomic mass is 10.0. The summed E-state index contributed by atoms with van der Waals surface area (Å²) in [4.78, 5) is 16.1. The number of nitrogens with zero attached hydrogens (tertiary/aromatic N) is 3. The predicted molar refractivity (Wildman–Crippen MR) is 93.6 cm³/mol. The van der Waals surface area contributed by atoms with E-state index in [9.17, 15) is 4.79 Å². The van der Waals surface area contributed by atoms with Crippen LogP contribution < -0.4 is 0 Å². The molecule has 0 saturated carbocycles. The van der Waals surface area contributed by atoms with Gasteiger partial charge in [-0.15, -0.1) is 11.3 Å². The summed E-state index contributed by atoms with van der Waals surface area (Å²) < 4.78 is 1.98. The predicted octanol–water partition coefficient (Wildman–Crippen LogP) is 3.66. The number of aromatic nitrogens is 2. The Labute approximate surface area is 142 Å². The zero-order valence-corrected chi connectivity index (χ0v) is 14.6. The highest BCUT2D eigenvalue weighted by molar-refractivity contribution is 7.09. The number of carbonyl (C=O) groups excluding carboxylic acids is 1. The van der Waals surface area contributed by atoms with Crippen LogP contribution in [-0.2, 0) is 17.8 Å². The van der Waals surface area contributed by atoms with Crippen LogP contribution in [0.3, 0.4) is 0 Å². The third-order valence-electron chi connectivity index (χ3n) is 4.50. The lowest BCUT2D eigenvalue weighted by Crippen LogP contribution is -2.45. The Morgan fingerprint density at radius 2 is 2.35 bits per heavy atom. The molecular weight excluding hydrogens is 306 g/mol. The number of hydrogen-bond donors (Lipinski definition) is 0. The number of carbonyl (C=O) groups is 1. The molecule has 1 aliphatic heterocycles. The summed E-state index contributed by atoms with van der Waals surface area (Å²) in [6.45, 7) is 3.78. The monoisotopic (exact) mass is 331 g/mol. The molecular formula is C18H25N3OS. The smallest absolute Gasteiger partial charge is 0.222 e. The van der Waals surface area contributed by atoms with Gasteiger partial charge in [0.25, 0.3) is 0 Å². The molecule has 0 aliphatic carbocycles. The SMILES string of the molecule is Cc1cnn(CC2CCCCN2C(=O)CCCc2cccs2)c1. The van der Waals surface area contributed by atoms with Gasteiger partial charge < -0.3 is 4.90 Å². The highest BCUT2D eigenvalue weighted by Gasteiger charge is 2.26. The summed E-state index contributed by atoms with van der Waals surface area (Å²) in [5.41, 5.74) is 1.18. The highest BCUT2D eigenvalue weighted by atomic mass is 32.1. The lowest BCUT2D eigenvalue weighted by molar-refractivity contribution is -0.135. The average molecular weight is 331 g/mol. The molecule has 2 aromatic heterocycles. The number of aryl methyl sites for hydroxylation is 2. The molecule has 3 rings (SSSR count). The van der Waals surface area contributed by atoms with E-state index in [2.05, 4.69) is 40.6 Å². The molecule has 1 amide bonds. The van der Waals surface area contributed by atoms with Crippen LogP contribution in [-0.4, -0.2) is 33.2 Å². The van der Waals surface area contributed by atoms with Gasteiger partial charge in [0.05, 0.1) is 18.8 Å². The number of amides is 1. The van der Waals surface area contributed by atoms with Gasteiger partial charge in [0, 0.05) is 24.0 Å².